The van der Waals surface area contributed by atoms with E-state index in [2.05, 4.69) is 10.3 Å². The minimum Gasteiger partial charge on any atom is -0.497 e. The summed E-state index contributed by atoms with van der Waals surface area (Å²) < 4.78 is 15.6. The molecule has 2 rings (SSSR count). The summed E-state index contributed by atoms with van der Waals surface area (Å²) in [6.45, 7) is 3.99. The zero-order valence-electron chi connectivity index (χ0n) is 15.0. The molecule has 7 nitrogen and oxygen atoms in total. The van der Waals surface area contributed by atoms with E-state index in [0.717, 1.165) is 11.3 Å². The van der Waals surface area contributed by atoms with Crippen molar-refractivity contribution < 1.29 is 23.8 Å². The molecular weight excluding hydrogens is 336 g/mol. The fourth-order valence-electron chi connectivity index (χ4n) is 2.15. The van der Waals surface area contributed by atoms with E-state index in [1.807, 2.05) is 24.3 Å². The number of esters is 1. The standard InChI is InChI=1S/C19H22N2O5/c1-4-25-18-16(6-5-11-20-18)19(23)26-13(2)17(22)21-12-14-7-9-15(24-3)10-8-14/h5-11,13H,4,12H2,1-3H3,(H,21,22)/t13-/m0/s1. The zero-order chi connectivity index (χ0) is 18.9. The minimum atomic E-state index is -0.949. The van der Waals surface area contributed by atoms with Gasteiger partial charge in [-0.3, -0.25) is 4.79 Å². The van der Waals surface area contributed by atoms with E-state index >= 15 is 0 Å². The summed E-state index contributed by atoms with van der Waals surface area (Å²) in [5.41, 5.74) is 1.09. The summed E-state index contributed by atoms with van der Waals surface area (Å²) in [6, 6.07) is 10.5. The summed E-state index contributed by atoms with van der Waals surface area (Å²) in [5, 5.41) is 2.73. The van der Waals surface area contributed by atoms with Crippen LogP contribution in [0, 0.1) is 0 Å². The average Bonchev–Trinajstić information content (AvgIpc) is 2.67. The van der Waals surface area contributed by atoms with Crippen LogP contribution in [-0.2, 0) is 16.1 Å². The number of hydrogen-bond donors (Lipinski definition) is 1. The van der Waals surface area contributed by atoms with Gasteiger partial charge >= 0.3 is 5.97 Å². The highest BCUT2D eigenvalue weighted by atomic mass is 16.5. The van der Waals surface area contributed by atoms with Crippen LogP contribution in [0.4, 0.5) is 0 Å². The summed E-state index contributed by atoms with van der Waals surface area (Å²) in [7, 11) is 1.59. The Labute approximate surface area is 152 Å². The molecule has 1 aromatic carbocycles. The predicted molar refractivity (Wildman–Crippen MR) is 95.1 cm³/mol. The van der Waals surface area contributed by atoms with Crippen molar-refractivity contribution in [2.45, 2.75) is 26.5 Å². The molecule has 138 valence electrons. The third-order valence-corrected chi connectivity index (χ3v) is 3.55. The average molecular weight is 358 g/mol. The second-order valence-electron chi connectivity index (χ2n) is 5.40. The van der Waals surface area contributed by atoms with Crippen molar-refractivity contribution in [3.63, 3.8) is 0 Å². The van der Waals surface area contributed by atoms with Gasteiger partial charge in [0.1, 0.15) is 11.3 Å². The Balaban J connectivity index is 1.90. The lowest BCUT2D eigenvalue weighted by Gasteiger charge is -2.14. The van der Waals surface area contributed by atoms with E-state index in [1.54, 1.807) is 26.2 Å². The number of carbonyl (C=O) groups is 2. The molecule has 0 fully saturated rings. The van der Waals surface area contributed by atoms with Gasteiger partial charge in [-0.25, -0.2) is 9.78 Å². The Morgan fingerprint density at radius 2 is 1.92 bits per heavy atom. The molecule has 0 unspecified atom stereocenters. The minimum absolute atomic E-state index is 0.184. The molecule has 7 heteroatoms. The van der Waals surface area contributed by atoms with Gasteiger partial charge in [-0.1, -0.05) is 12.1 Å². The molecule has 26 heavy (non-hydrogen) atoms. The molecule has 1 heterocycles. The summed E-state index contributed by atoms with van der Waals surface area (Å²) in [4.78, 5) is 28.4. The first-order valence-corrected chi connectivity index (χ1v) is 8.24. The van der Waals surface area contributed by atoms with Gasteiger partial charge in [0.2, 0.25) is 5.88 Å². The Kier molecular flexibility index (Phi) is 6.96. The fraction of sp³-hybridized carbons (Fsp3) is 0.316. The quantitative estimate of drug-likeness (QED) is 0.729. The first-order chi connectivity index (χ1) is 12.5. The number of pyridine rings is 1. The molecule has 0 spiro atoms. The molecule has 1 aromatic heterocycles. The molecule has 1 N–H and O–H groups in total. The van der Waals surface area contributed by atoms with E-state index in [4.69, 9.17) is 14.2 Å². The molecule has 0 radical (unpaired) electrons. The van der Waals surface area contributed by atoms with Crippen LogP contribution in [0.5, 0.6) is 11.6 Å². The summed E-state index contributed by atoms with van der Waals surface area (Å²) in [6.07, 6.45) is 0.572. The van der Waals surface area contributed by atoms with Gasteiger partial charge in [-0.05, 0) is 43.7 Å². The van der Waals surface area contributed by atoms with E-state index in [-0.39, 0.29) is 11.4 Å². The van der Waals surface area contributed by atoms with Crippen molar-refractivity contribution in [2.24, 2.45) is 0 Å². The van der Waals surface area contributed by atoms with Gasteiger partial charge < -0.3 is 19.5 Å². The van der Waals surface area contributed by atoms with Crippen LogP contribution in [0.2, 0.25) is 0 Å². The Hall–Kier alpha value is -3.09. The number of methoxy groups -OCH3 is 1. The van der Waals surface area contributed by atoms with Crippen molar-refractivity contribution >= 4 is 11.9 Å². The molecule has 0 aliphatic rings. The number of nitrogens with zero attached hydrogens (tertiary/aromatic N) is 1. The molecule has 1 amide bonds. The number of hydrogen-bond acceptors (Lipinski definition) is 6. The van der Waals surface area contributed by atoms with E-state index < -0.39 is 18.0 Å². The first-order valence-electron chi connectivity index (χ1n) is 8.24. The van der Waals surface area contributed by atoms with Crippen LogP contribution in [0.15, 0.2) is 42.6 Å². The second-order valence-corrected chi connectivity index (χ2v) is 5.40. The van der Waals surface area contributed by atoms with E-state index in [1.165, 1.54) is 13.1 Å². The maximum atomic E-state index is 12.3. The maximum absolute atomic E-state index is 12.3. The van der Waals surface area contributed by atoms with E-state index in [0.29, 0.717) is 13.2 Å². The van der Waals surface area contributed by atoms with Crippen LogP contribution in [0.3, 0.4) is 0 Å². The topological polar surface area (TPSA) is 86.8 Å². The van der Waals surface area contributed by atoms with Crippen LogP contribution >= 0.6 is 0 Å². The molecule has 2 aromatic rings. The van der Waals surface area contributed by atoms with Crippen LogP contribution in [0.25, 0.3) is 0 Å². The highest BCUT2D eigenvalue weighted by Crippen LogP contribution is 2.16. The molecule has 1 atom stereocenters. The summed E-state index contributed by atoms with van der Waals surface area (Å²) >= 11 is 0. The Morgan fingerprint density at radius 1 is 1.19 bits per heavy atom. The molecular formula is C19H22N2O5. The smallest absolute Gasteiger partial charge is 0.344 e. The van der Waals surface area contributed by atoms with Gasteiger partial charge in [0.15, 0.2) is 6.10 Å². The first kappa shape index (κ1) is 19.2. The number of aromatic nitrogens is 1. The number of amides is 1. The number of ether oxygens (including phenoxy) is 3. The van der Waals surface area contributed by atoms with E-state index in [9.17, 15) is 9.59 Å². The molecule has 0 bridgehead atoms. The van der Waals surface area contributed by atoms with Crippen LogP contribution in [-0.4, -0.2) is 36.7 Å². The van der Waals surface area contributed by atoms with Gasteiger partial charge in [0.25, 0.3) is 5.91 Å². The third kappa shape index (κ3) is 5.20. The second kappa shape index (κ2) is 9.41. The lowest BCUT2D eigenvalue weighted by atomic mass is 10.2. The van der Waals surface area contributed by atoms with Gasteiger partial charge in [-0.2, -0.15) is 0 Å². The zero-order valence-corrected chi connectivity index (χ0v) is 15.0. The molecule has 0 aliphatic heterocycles. The highest BCUT2D eigenvalue weighted by molar-refractivity contribution is 5.94. The van der Waals surface area contributed by atoms with Crippen molar-refractivity contribution in [2.75, 3.05) is 13.7 Å². The van der Waals surface area contributed by atoms with Crippen molar-refractivity contribution in [3.05, 3.63) is 53.7 Å². The van der Waals surface area contributed by atoms with Gasteiger partial charge in [0.05, 0.1) is 13.7 Å². The molecule has 0 saturated heterocycles. The van der Waals surface area contributed by atoms with Crippen LogP contribution < -0.4 is 14.8 Å². The number of benzene rings is 1. The van der Waals surface area contributed by atoms with Gasteiger partial charge in [-0.15, -0.1) is 0 Å². The molecule has 0 aliphatic carbocycles. The summed E-state index contributed by atoms with van der Waals surface area (Å²) in [5.74, 6) is -0.126. The van der Waals surface area contributed by atoms with Crippen molar-refractivity contribution in [3.8, 4) is 11.6 Å². The molecule has 0 saturated carbocycles. The lowest BCUT2D eigenvalue weighted by molar-refractivity contribution is -0.129. The normalized spacial score (nSPS) is 11.3. The maximum Gasteiger partial charge on any atom is 0.344 e. The Morgan fingerprint density at radius 3 is 2.58 bits per heavy atom. The number of nitrogens with one attached hydrogen (secondary N) is 1. The predicted octanol–water partition coefficient (Wildman–Crippen LogP) is 2.35. The monoisotopic (exact) mass is 358 g/mol. The van der Waals surface area contributed by atoms with Crippen LogP contribution in [0.1, 0.15) is 29.8 Å². The third-order valence-electron chi connectivity index (χ3n) is 3.55. The van der Waals surface area contributed by atoms with Crippen molar-refractivity contribution in [1.82, 2.24) is 10.3 Å². The largest absolute Gasteiger partial charge is 0.497 e. The number of carbonyl (C=O) groups excluding carboxylic acids is 2. The van der Waals surface area contributed by atoms with Crippen molar-refractivity contribution in [1.29, 1.82) is 0 Å². The number of rotatable bonds is 8. The highest BCUT2D eigenvalue weighted by Gasteiger charge is 2.21. The fourth-order valence-corrected chi connectivity index (χ4v) is 2.15. The SMILES string of the molecule is CCOc1ncccc1C(=O)O[C@@H](C)C(=O)NCc1ccc(OC)cc1. The lowest BCUT2D eigenvalue weighted by Crippen LogP contribution is -2.35. The van der Waals surface area contributed by atoms with Gasteiger partial charge in [0, 0.05) is 12.7 Å². The Bertz CT molecular complexity index is 746.